The Hall–Kier alpha value is -0.370. The molecule has 0 atom stereocenters. The standard InChI is InChI=1S/C10H18O2/c1-9(2,3)8(11)10(12-4)6-5-7-10/h5-7H2,1-4H3. The first kappa shape index (κ1) is 9.72. The van der Waals surface area contributed by atoms with E-state index in [0.29, 0.717) is 0 Å². The lowest BCUT2D eigenvalue weighted by molar-refractivity contribution is -0.160. The van der Waals surface area contributed by atoms with E-state index in [4.69, 9.17) is 4.74 Å². The smallest absolute Gasteiger partial charge is 0.169 e. The van der Waals surface area contributed by atoms with Gasteiger partial charge in [0.25, 0.3) is 0 Å². The molecule has 0 aliphatic heterocycles. The molecule has 1 saturated carbocycles. The fourth-order valence-corrected chi connectivity index (χ4v) is 1.71. The van der Waals surface area contributed by atoms with Crippen LogP contribution in [0, 0.1) is 5.41 Å². The van der Waals surface area contributed by atoms with Crippen LogP contribution in [0.4, 0.5) is 0 Å². The van der Waals surface area contributed by atoms with Crippen LogP contribution in [0.5, 0.6) is 0 Å². The lowest BCUT2D eigenvalue weighted by Gasteiger charge is -2.42. The quantitative estimate of drug-likeness (QED) is 0.635. The van der Waals surface area contributed by atoms with E-state index in [0.717, 1.165) is 19.3 Å². The van der Waals surface area contributed by atoms with Gasteiger partial charge in [0, 0.05) is 12.5 Å². The van der Waals surface area contributed by atoms with Gasteiger partial charge in [-0.1, -0.05) is 20.8 Å². The molecule has 0 aromatic carbocycles. The maximum Gasteiger partial charge on any atom is 0.169 e. The van der Waals surface area contributed by atoms with Crippen LogP contribution in [-0.2, 0) is 9.53 Å². The van der Waals surface area contributed by atoms with E-state index in [9.17, 15) is 4.79 Å². The molecule has 0 spiro atoms. The monoisotopic (exact) mass is 170 g/mol. The van der Waals surface area contributed by atoms with Crippen LogP contribution in [-0.4, -0.2) is 18.5 Å². The van der Waals surface area contributed by atoms with Crippen molar-refractivity contribution in [3.63, 3.8) is 0 Å². The number of ether oxygens (including phenoxy) is 1. The Labute approximate surface area is 74.3 Å². The zero-order valence-corrected chi connectivity index (χ0v) is 8.44. The van der Waals surface area contributed by atoms with Gasteiger partial charge in [-0.2, -0.15) is 0 Å². The van der Waals surface area contributed by atoms with Crippen LogP contribution in [0.25, 0.3) is 0 Å². The summed E-state index contributed by atoms with van der Waals surface area (Å²) in [5.41, 5.74) is -0.700. The predicted octanol–water partition coefficient (Wildman–Crippen LogP) is 2.17. The molecular weight excluding hydrogens is 152 g/mol. The largest absolute Gasteiger partial charge is 0.370 e. The lowest BCUT2D eigenvalue weighted by Crippen LogP contribution is -2.51. The second kappa shape index (κ2) is 2.84. The molecule has 2 nitrogen and oxygen atoms in total. The summed E-state index contributed by atoms with van der Waals surface area (Å²) in [6.45, 7) is 5.86. The fraction of sp³-hybridized carbons (Fsp3) is 0.900. The average Bonchev–Trinajstić information content (AvgIpc) is 1.84. The van der Waals surface area contributed by atoms with Crippen LogP contribution >= 0.6 is 0 Å². The molecular formula is C10H18O2. The summed E-state index contributed by atoms with van der Waals surface area (Å²) >= 11 is 0. The van der Waals surface area contributed by atoms with Crippen LogP contribution in [0.15, 0.2) is 0 Å². The normalized spacial score (nSPS) is 21.7. The molecule has 12 heavy (non-hydrogen) atoms. The van der Waals surface area contributed by atoms with Crippen LogP contribution in [0.1, 0.15) is 40.0 Å². The summed E-state index contributed by atoms with van der Waals surface area (Å²) in [5.74, 6) is 0.253. The summed E-state index contributed by atoms with van der Waals surface area (Å²) in [6.07, 6.45) is 2.93. The number of carbonyl (C=O) groups is 1. The number of rotatable bonds is 2. The van der Waals surface area contributed by atoms with Gasteiger partial charge in [0.15, 0.2) is 5.78 Å². The number of carbonyl (C=O) groups excluding carboxylic acids is 1. The highest BCUT2D eigenvalue weighted by molar-refractivity contribution is 5.92. The zero-order chi connectivity index (χ0) is 9.41. The molecule has 70 valence electrons. The van der Waals surface area contributed by atoms with E-state index in [-0.39, 0.29) is 11.2 Å². The first-order chi connectivity index (χ1) is 5.42. The second-order valence-electron chi connectivity index (χ2n) is 4.63. The Morgan fingerprint density at radius 2 is 1.83 bits per heavy atom. The molecule has 2 heteroatoms. The van der Waals surface area contributed by atoms with Crippen molar-refractivity contribution in [1.82, 2.24) is 0 Å². The van der Waals surface area contributed by atoms with Gasteiger partial charge >= 0.3 is 0 Å². The van der Waals surface area contributed by atoms with Gasteiger partial charge in [-0.05, 0) is 19.3 Å². The van der Waals surface area contributed by atoms with E-state index >= 15 is 0 Å². The van der Waals surface area contributed by atoms with Crippen LogP contribution in [0.2, 0.25) is 0 Å². The second-order valence-corrected chi connectivity index (χ2v) is 4.63. The maximum absolute atomic E-state index is 11.9. The number of ketones is 1. The minimum absolute atomic E-state index is 0.253. The molecule has 0 aromatic heterocycles. The van der Waals surface area contributed by atoms with Gasteiger partial charge in [0.1, 0.15) is 5.60 Å². The average molecular weight is 170 g/mol. The first-order valence-corrected chi connectivity index (χ1v) is 4.52. The summed E-state index contributed by atoms with van der Waals surface area (Å²) < 4.78 is 5.31. The van der Waals surface area contributed by atoms with Gasteiger partial charge in [0.2, 0.25) is 0 Å². The van der Waals surface area contributed by atoms with E-state index in [2.05, 4.69) is 0 Å². The Morgan fingerprint density at radius 3 is 1.92 bits per heavy atom. The molecule has 0 heterocycles. The summed E-state index contributed by atoms with van der Waals surface area (Å²) in [4.78, 5) is 11.9. The minimum Gasteiger partial charge on any atom is -0.370 e. The molecule has 0 amide bonds. The van der Waals surface area contributed by atoms with Crippen molar-refractivity contribution >= 4 is 5.78 Å². The van der Waals surface area contributed by atoms with Crippen molar-refractivity contribution in [2.45, 2.75) is 45.6 Å². The SMILES string of the molecule is COC1(C(=O)C(C)(C)C)CCC1. The van der Waals surface area contributed by atoms with E-state index in [1.165, 1.54) is 0 Å². The molecule has 1 aliphatic carbocycles. The van der Waals surface area contributed by atoms with Gasteiger partial charge < -0.3 is 4.74 Å². The maximum atomic E-state index is 11.9. The van der Waals surface area contributed by atoms with Crippen molar-refractivity contribution in [1.29, 1.82) is 0 Å². The number of methoxy groups -OCH3 is 1. The van der Waals surface area contributed by atoms with E-state index < -0.39 is 5.60 Å². The Bertz CT molecular complexity index is 179. The van der Waals surface area contributed by atoms with Gasteiger partial charge in [0.05, 0.1) is 0 Å². The summed E-state index contributed by atoms with van der Waals surface area (Å²) in [7, 11) is 1.64. The minimum atomic E-state index is -0.432. The lowest BCUT2D eigenvalue weighted by atomic mass is 9.69. The molecule has 1 fully saturated rings. The third-order valence-electron chi connectivity index (χ3n) is 2.65. The van der Waals surface area contributed by atoms with Gasteiger partial charge in [-0.25, -0.2) is 0 Å². The van der Waals surface area contributed by atoms with Crippen molar-refractivity contribution in [3.05, 3.63) is 0 Å². The summed E-state index contributed by atoms with van der Waals surface area (Å²) in [5, 5.41) is 0. The van der Waals surface area contributed by atoms with Crippen molar-refractivity contribution in [3.8, 4) is 0 Å². The molecule has 0 unspecified atom stereocenters. The molecule has 0 saturated heterocycles. The number of hydrogen-bond donors (Lipinski definition) is 0. The Morgan fingerprint density at radius 1 is 1.33 bits per heavy atom. The van der Waals surface area contributed by atoms with Crippen molar-refractivity contribution in [2.75, 3.05) is 7.11 Å². The van der Waals surface area contributed by atoms with Crippen LogP contribution < -0.4 is 0 Å². The fourth-order valence-electron chi connectivity index (χ4n) is 1.71. The van der Waals surface area contributed by atoms with Gasteiger partial charge in [-0.15, -0.1) is 0 Å². The molecule has 1 aliphatic rings. The third-order valence-corrected chi connectivity index (χ3v) is 2.65. The Balaban J connectivity index is 2.74. The molecule has 0 N–H and O–H groups in total. The zero-order valence-electron chi connectivity index (χ0n) is 8.44. The number of Topliss-reactive ketones (excluding diaryl/α,β-unsaturated/α-hetero) is 1. The van der Waals surface area contributed by atoms with Crippen molar-refractivity contribution < 1.29 is 9.53 Å². The third kappa shape index (κ3) is 1.40. The van der Waals surface area contributed by atoms with Gasteiger partial charge in [-0.3, -0.25) is 4.79 Å². The number of hydrogen-bond acceptors (Lipinski definition) is 2. The first-order valence-electron chi connectivity index (χ1n) is 4.52. The molecule has 0 aromatic rings. The highest BCUT2D eigenvalue weighted by atomic mass is 16.5. The Kier molecular flexibility index (Phi) is 2.30. The topological polar surface area (TPSA) is 26.3 Å². The van der Waals surface area contributed by atoms with E-state index in [1.54, 1.807) is 7.11 Å². The van der Waals surface area contributed by atoms with Crippen LogP contribution in [0.3, 0.4) is 0 Å². The molecule has 1 rings (SSSR count). The highest BCUT2D eigenvalue weighted by Crippen LogP contribution is 2.40. The van der Waals surface area contributed by atoms with Crippen molar-refractivity contribution in [2.24, 2.45) is 5.41 Å². The summed E-state index contributed by atoms with van der Waals surface area (Å²) in [6, 6.07) is 0. The van der Waals surface area contributed by atoms with E-state index in [1.807, 2.05) is 20.8 Å². The predicted molar refractivity (Wildman–Crippen MR) is 48.1 cm³/mol. The molecule has 0 radical (unpaired) electrons. The molecule has 0 bridgehead atoms. The highest BCUT2D eigenvalue weighted by Gasteiger charge is 2.48.